The van der Waals surface area contributed by atoms with Crippen LogP contribution >= 0.6 is 0 Å². The van der Waals surface area contributed by atoms with Crippen molar-refractivity contribution in [1.29, 1.82) is 0 Å². The van der Waals surface area contributed by atoms with E-state index in [-0.39, 0.29) is 12.1 Å². The summed E-state index contributed by atoms with van der Waals surface area (Å²) in [5.41, 5.74) is -0.170. The number of rotatable bonds is 5. The average molecular weight is 242 g/mol. The summed E-state index contributed by atoms with van der Waals surface area (Å²) in [6.07, 6.45) is 4.31. The van der Waals surface area contributed by atoms with Crippen molar-refractivity contribution in [3.63, 3.8) is 0 Å². The summed E-state index contributed by atoms with van der Waals surface area (Å²) < 4.78 is 5.85. The molecule has 2 aliphatic heterocycles. The maximum Gasteiger partial charge on any atom is 0.0707 e. The molecular formula is C13H26N2O2. The van der Waals surface area contributed by atoms with Crippen LogP contribution in [0, 0.1) is 0 Å². The molecule has 0 spiro atoms. The summed E-state index contributed by atoms with van der Waals surface area (Å²) in [6.45, 7) is 6.64. The molecule has 2 bridgehead atoms. The van der Waals surface area contributed by atoms with Crippen molar-refractivity contribution < 1.29 is 9.84 Å². The molecule has 2 saturated heterocycles. The van der Waals surface area contributed by atoms with Gasteiger partial charge in [-0.2, -0.15) is 0 Å². The van der Waals surface area contributed by atoms with Gasteiger partial charge in [0, 0.05) is 24.7 Å². The Morgan fingerprint density at radius 1 is 1.41 bits per heavy atom. The zero-order valence-electron chi connectivity index (χ0n) is 11.3. The van der Waals surface area contributed by atoms with Gasteiger partial charge in [0.15, 0.2) is 0 Å². The number of likely N-dealkylation sites (N-methyl/N-ethyl adjacent to an activating group) is 1. The lowest BCUT2D eigenvalue weighted by atomic mass is 9.93. The van der Waals surface area contributed by atoms with Gasteiger partial charge in [0.05, 0.1) is 18.8 Å². The lowest BCUT2D eigenvalue weighted by Gasteiger charge is -2.40. The van der Waals surface area contributed by atoms with Gasteiger partial charge in [0.25, 0.3) is 0 Å². The normalized spacial score (nSPS) is 34.6. The standard InChI is InChI=1S/C13H26N2O2/c1-10(6-13(2,9-16)14-3)15-7-11-4-5-12(8-15)17-11/h10-12,14,16H,4-9H2,1-3H3. The molecule has 0 aromatic heterocycles. The van der Waals surface area contributed by atoms with Gasteiger partial charge < -0.3 is 15.2 Å². The Morgan fingerprint density at radius 3 is 2.47 bits per heavy atom. The molecule has 0 amide bonds. The van der Waals surface area contributed by atoms with Crippen LogP contribution in [0.3, 0.4) is 0 Å². The topological polar surface area (TPSA) is 44.7 Å². The molecule has 0 aromatic carbocycles. The smallest absolute Gasteiger partial charge is 0.0707 e. The molecular weight excluding hydrogens is 216 g/mol. The quantitative estimate of drug-likeness (QED) is 0.741. The van der Waals surface area contributed by atoms with E-state index in [0.29, 0.717) is 18.2 Å². The van der Waals surface area contributed by atoms with E-state index in [0.717, 1.165) is 19.5 Å². The predicted octanol–water partition coefficient (Wildman–Crippen LogP) is 0.599. The number of fused-ring (bicyclic) bond motifs is 2. The zero-order valence-corrected chi connectivity index (χ0v) is 11.3. The third-order valence-corrected chi connectivity index (χ3v) is 4.39. The highest BCUT2D eigenvalue weighted by atomic mass is 16.5. The Bertz CT molecular complexity index is 244. The minimum atomic E-state index is -0.170. The second-order valence-corrected chi connectivity index (χ2v) is 5.93. The molecule has 4 heteroatoms. The second kappa shape index (κ2) is 5.22. The average Bonchev–Trinajstić information content (AvgIpc) is 2.68. The zero-order chi connectivity index (χ0) is 12.5. The van der Waals surface area contributed by atoms with Gasteiger partial charge >= 0.3 is 0 Å². The van der Waals surface area contributed by atoms with Crippen LogP contribution in [0.15, 0.2) is 0 Å². The van der Waals surface area contributed by atoms with Crippen molar-refractivity contribution in [3.8, 4) is 0 Å². The molecule has 2 aliphatic rings. The number of aliphatic hydroxyl groups is 1. The second-order valence-electron chi connectivity index (χ2n) is 5.93. The van der Waals surface area contributed by atoms with E-state index in [1.807, 2.05) is 7.05 Å². The van der Waals surface area contributed by atoms with E-state index in [9.17, 15) is 5.11 Å². The Kier molecular flexibility index (Phi) is 4.08. The lowest BCUT2D eigenvalue weighted by Crippen LogP contribution is -2.52. The summed E-state index contributed by atoms with van der Waals surface area (Å²) >= 11 is 0. The van der Waals surface area contributed by atoms with Gasteiger partial charge in [-0.3, -0.25) is 4.90 Å². The molecule has 0 aliphatic carbocycles. The fourth-order valence-electron chi connectivity index (χ4n) is 3.03. The Hall–Kier alpha value is -0.160. The Labute approximate surface area is 104 Å². The lowest BCUT2D eigenvalue weighted by molar-refractivity contribution is -0.0551. The van der Waals surface area contributed by atoms with Gasteiger partial charge in [-0.15, -0.1) is 0 Å². The number of hydrogen-bond donors (Lipinski definition) is 2. The molecule has 2 heterocycles. The minimum Gasteiger partial charge on any atom is -0.394 e. The summed E-state index contributed by atoms with van der Waals surface area (Å²) in [7, 11) is 1.92. The first-order chi connectivity index (χ1) is 8.06. The van der Waals surface area contributed by atoms with Crippen LogP contribution in [0.5, 0.6) is 0 Å². The van der Waals surface area contributed by atoms with Crippen molar-refractivity contribution in [3.05, 3.63) is 0 Å². The monoisotopic (exact) mass is 242 g/mol. The Morgan fingerprint density at radius 2 is 2.00 bits per heavy atom. The van der Waals surface area contributed by atoms with Crippen LogP contribution in [0.2, 0.25) is 0 Å². The number of nitrogens with zero attached hydrogens (tertiary/aromatic N) is 1. The fourth-order valence-corrected chi connectivity index (χ4v) is 3.03. The predicted molar refractivity (Wildman–Crippen MR) is 68.1 cm³/mol. The van der Waals surface area contributed by atoms with E-state index in [2.05, 4.69) is 24.1 Å². The van der Waals surface area contributed by atoms with Crippen LogP contribution in [0.25, 0.3) is 0 Å². The highest BCUT2D eigenvalue weighted by molar-refractivity contribution is 4.91. The maximum absolute atomic E-state index is 9.44. The van der Waals surface area contributed by atoms with E-state index < -0.39 is 0 Å². The maximum atomic E-state index is 9.44. The number of aliphatic hydroxyl groups excluding tert-OH is 1. The van der Waals surface area contributed by atoms with Crippen molar-refractivity contribution in [1.82, 2.24) is 10.2 Å². The first-order valence-electron chi connectivity index (χ1n) is 6.75. The number of ether oxygens (including phenoxy) is 1. The molecule has 4 atom stereocenters. The number of nitrogens with one attached hydrogen (secondary N) is 1. The summed E-state index contributed by atoms with van der Waals surface area (Å²) in [4.78, 5) is 2.52. The third kappa shape index (κ3) is 2.99. The number of likely N-dealkylation sites (tertiary alicyclic amines) is 1. The fraction of sp³-hybridized carbons (Fsp3) is 1.00. The van der Waals surface area contributed by atoms with Crippen molar-refractivity contribution in [2.24, 2.45) is 0 Å². The van der Waals surface area contributed by atoms with E-state index in [1.54, 1.807) is 0 Å². The molecule has 0 aromatic rings. The molecule has 0 saturated carbocycles. The molecule has 100 valence electrons. The van der Waals surface area contributed by atoms with Gasteiger partial charge in [-0.1, -0.05) is 0 Å². The van der Waals surface area contributed by atoms with Gasteiger partial charge in [-0.05, 0) is 40.2 Å². The molecule has 17 heavy (non-hydrogen) atoms. The van der Waals surface area contributed by atoms with Crippen LogP contribution < -0.4 is 5.32 Å². The molecule has 2 rings (SSSR count). The third-order valence-electron chi connectivity index (χ3n) is 4.39. The number of hydrogen-bond acceptors (Lipinski definition) is 4. The molecule has 4 nitrogen and oxygen atoms in total. The molecule has 2 N–H and O–H groups in total. The SMILES string of the molecule is CNC(C)(CO)CC(C)N1CC2CCC(C1)O2. The van der Waals surface area contributed by atoms with E-state index >= 15 is 0 Å². The minimum absolute atomic E-state index is 0.170. The first kappa shape index (κ1) is 13.3. The summed E-state index contributed by atoms with van der Waals surface area (Å²) in [6, 6.07) is 0.492. The molecule has 2 fully saturated rings. The van der Waals surface area contributed by atoms with Gasteiger partial charge in [-0.25, -0.2) is 0 Å². The van der Waals surface area contributed by atoms with Crippen molar-refractivity contribution in [2.75, 3.05) is 26.7 Å². The van der Waals surface area contributed by atoms with E-state index in [4.69, 9.17) is 4.74 Å². The van der Waals surface area contributed by atoms with E-state index in [1.165, 1.54) is 12.8 Å². The van der Waals surface area contributed by atoms with Crippen molar-refractivity contribution in [2.45, 2.75) is 56.9 Å². The van der Waals surface area contributed by atoms with Crippen LogP contribution in [0.4, 0.5) is 0 Å². The number of morpholine rings is 1. The van der Waals surface area contributed by atoms with Crippen LogP contribution in [0.1, 0.15) is 33.1 Å². The van der Waals surface area contributed by atoms with Crippen LogP contribution in [-0.2, 0) is 4.74 Å². The molecule has 4 unspecified atom stereocenters. The van der Waals surface area contributed by atoms with Crippen molar-refractivity contribution >= 4 is 0 Å². The highest BCUT2D eigenvalue weighted by Gasteiger charge is 2.37. The summed E-state index contributed by atoms with van der Waals surface area (Å²) in [5.74, 6) is 0. The van der Waals surface area contributed by atoms with Gasteiger partial charge in [0.1, 0.15) is 0 Å². The largest absolute Gasteiger partial charge is 0.394 e. The highest BCUT2D eigenvalue weighted by Crippen LogP contribution is 2.28. The summed E-state index contributed by atoms with van der Waals surface area (Å²) in [5, 5.41) is 12.7. The van der Waals surface area contributed by atoms with Crippen LogP contribution in [-0.4, -0.2) is 60.5 Å². The Balaban J connectivity index is 1.89. The first-order valence-corrected chi connectivity index (χ1v) is 6.75. The van der Waals surface area contributed by atoms with Gasteiger partial charge in [0.2, 0.25) is 0 Å². The molecule has 0 radical (unpaired) electrons.